The molecule has 1 saturated heterocycles. The fourth-order valence-corrected chi connectivity index (χ4v) is 2.19. The van der Waals surface area contributed by atoms with E-state index in [4.69, 9.17) is 10.3 Å². The van der Waals surface area contributed by atoms with Gasteiger partial charge in [0.25, 0.3) is 0 Å². The lowest BCUT2D eigenvalue weighted by atomic mass is 10.1. The lowest BCUT2D eigenvalue weighted by Crippen LogP contribution is -2.28. The minimum Gasteiger partial charge on any atom is -0.361 e. The van der Waals surface area contributed by atoms with Gasteiger partial charge in [-0.15, -0.1) is 0 Å². The molecule has 0 aliphatic carbocycles. The molecule has 0 bridgehead atoms. The van der Waals surface area contributed by atoms with Gasteiger partial charge in [0.2, 0.25) is 0 Å². The first-order valence-corrected chi connectivity index (χ1v) is 5.56. The molecule has 1 aromatic rings. The summed E-state index contributed by atoms with van der Waals surface area (Å²) in [5.41, 5.74) is 8.15. The maximum absolute atomic E-state index is 5.86. The summed E-state index contributed by atoms with van der Waals surface area (Å²) in [6.07, 6.45) is 2.15. The number of aryl methyl sites for hydroxylation is 2. The van der Waals surface area contributed by atoms with Crippen LogP contribution in [0.25, 0.3) is 0 Å². The Morgan fingerprint density at radius 1 is 1.53 bits per heavy atom. The summed E-state index contributed by atoms with van der Waals surface area (Å²) in [7, 11) is 0. The second-order valence-electron chi connectivity index (χ2n) is 4.40. The minimum atomic E-state index is 0.370. The molecule has 1 atom stereocenters. The van der Waals surface area contributed by atoms with Crippen molar-refractivity contribution < 1.29 is 4.52 Å². The van der Waals surface area contributed by atoms with Gasteiger partial charge in [0.15, 0.2) is 0 Å². The third kappa shape index (κ3) is 2.38. The Hall–Kier alpha value is -0.870. The molecule has 2 heterocycles. The highest BCUT2D eigenvalue weighted by Gasteiger charge is 2.19. The minimum absolute atomic E-state index is 0.370. The molecule has 2 N–H and O–H groups in total. The maximum Gasteiger partial charge on any atom is 0.137 e. The van der Waals surface area contributed by atoms with Gasteiger partial charge < -0.3 is 15.2 Å². The maximum atomic E-state index is 5.86. The molecule has 0 aromatic carbocycles. The largest absolute Gasteiger partial charge is 0.361 e. The molecule has 0 radical (unpaired) electrons. The normalized spacial score (nSPS) is 22.5. The van der Waals surface area contributed by atoms with E-state index >= 15 is 0 Å². The molecule has 0 spiro atoms. The number of likely N-dealkylation sites (tertiary alicyclic amines) is 1. The highest BCUT2D eigenvalue weighted by Crippen LogP contribution is 2.15. The predicted octanol–water partition coefficient (Wildman–Crippen LogP) is 0.867. The third-order valence-electron chi connectivity index (χ3n) is 3.17. The van der Waals surface area contributed by atoms with E-state index in [9.17, 15) is 0 Å². The summed E-state index contributed by atoms with van der Waals surface area (Å²) >= 11 is 0. The molecular formula is C11H19N3O. The molecule has 1 aromatic heterocycles. The lowest BCUT2D eigenvalue weighted by molar-refractivity contribution is 0.337. The van der Waals surface area contributed by atoms with Crippen LogP contribution in [0.2, 0.25) is 0 Å². The molecule has 2 rings (SSSR count). The van der Waals surface area contributed by atoms with Crippen LogP contribution in [0.4, 0.5) is 0 Å². The van der Waals surface area contributed by atoms with Crippen molar-refractivity contribution in [2.75, 3.05) is 19.6 Å². The number of hydrogen-bond donors (Lipinski definition) is 1. The molecule has 0 unspecified atom stereocenters. The number of rotatable bonds is 3. The van der Waals surface area contributed by atoms with E-state index in [0.29, 0.717) is 6.04 Å². The van der Waals surface area contributed by atoms with Gasteiger partial charge in [0.1, 0.15) is 5.76 Å². The highest BCUT2D eigenvalue weighted by atomic mass is 16.5. The molecule has 15 heavy (non-hydrogen) atoms. The van der Waals surface area contributed by atoms with E-state index in [-0.39, 0.29) is 0 Å². The summed E-state index contributed by atoms with van der Waals surface area (Å²) in [6.45, 7) is 7.21. The number of nitrogens with two attached hydrogens (primary N) is 1. The first kappa shape index (κ1) is 10.6. The van der Waals surface area contributed by atoms with Crippen molar-refractivity contribution in [3.05, 3.63) is 17.0 Å². The molecule has 1 aliphatic rings. The van der Waals surface area contributed by atoms with Gasteiger partial charge in [-0.3, -0.25) is 0 Å². The van der Waals surface area contributed by atoms with Crippen molar-refractivity contribution in [3.8, 4) is 0 Å². The van der Waals surface area contributed by atoms with Crippen LogP contribution < -0.4 is 5.73 Å². The fourth-order valence-electron chi connectivity index (χ4n) is 2.19. The Labute approximate surface area is 90.4 Å². The summed E-state index contributed by atoms with van der Waals surface area (Å²) in [4.78, 5) is 2.41. The molecule has 84 valence electrons. The van der Waals surface area contributed by atoms with Crippen LogP contribution in [0.15, 0.2) is 4.52 Å². The number of nitrogens with zero attached hydrogens (tertiary/aromatic N) is 2. The SMILES string of the molecule is Cc1noc(C)c1CCN1CC[C@@H](N)C1. The Kier molecular flexibility index (Phi) is 3.07. The number of aromatic nitrogens is 1. The quantitative estimate of drug-likeness (QED) is 0.802. The topological polar surface area (TPSA) is 55.3 Å². The zero-order valence-electron chi connectivity index (χ0n) is 9.49. The van der Waals surface area contributed by atoms with Crippen LogP contribution >= 0.6 is 0 Å². The molecule has 0 amide bonds. The van der Waals surface area contributed by atoms with Crippen LogP contribution in [0.3, 0.4) is 0 Å². The van der Waals surface area contributed by atoms with Gasteiger partial charge in [0, 0.05) is 24.7 Å². The fraction of sp³-hybridized carbons (Fsp3) is 0.727. The van der Waals surface area contributed by atoms with E-state index in [2.05, 4.69) is 10.1 Å². The van der Waals surface area contributed by atoms with Crippen molar-refractivity contribution in [1.82, 2.24) is 10.1 Å². The Morgan fingerprint density at radius 2 is 2.33 bits per heavy atom. The third-order valence-corrected chi connectivity index (χ3v) is 3.17. The zero-order valence-corrected chi connectivity index (χ0v) is 9.49. The van der Waals surface area contributed by atoms with Crippen molar-refractivity contribution in [3.63, 3.8) is 0 Å². The Bertz CT molecular complexity index is 315. The molecule has 1 fully saturated rings. The van der Waals surface area contributed by atoms with Crippen molar-refractivity contribution >= 4 is 0 Å². The second-order valence-corrected chi connectivity index (χ2v) is 4.40. The van der Waals surface area contributed by atoms with Crippen molar-refractivity contribution in [2.45, 2.75) is 32.7 Å². The van der Waals surface area contributed by atoms with E-state index in [0.717, 1.165) is 43.9 Å². The van der Waals surface area contributed by atoms with Gasteiger partial charge in [0.05, 0.1) is 5.69 Å². The van der Waals surface area contributed by atoms with Crippen LogP contribution in [0.1, 0.15) is 23.4 Å². The Morgan fingerprint density at radius 3 is 2.87 bits per heavy atom. The predicted molar refractivity (Wildman–Crippen MR) is 58.7 cm³/mol. The van der Waals surface area contributed by atoms with Crippen LogP contribution in [-0.4, -0.2) is 35.7 Å². The highest BCUT2D eigenvalue weighted by molar-refractivity contribution is 5.21. The van der Waals surface area contributed by atoms with E-state index in [1.165, 1.54) is 5.56 Å². The summed E-state index contributed by atoms with van der Waals surface area (Å²) in [6, 6.07) is 0.370. The van der Waals surface area contributed by atoms with E-state index in [1.54, 1.807) is 0 Å². The van der Waals surface area contributed by atoms with E-state index < -0.39 is 0 Å². The molecule has 4 heteroatoms. The van der Waals surface area contributed by atoms with Gasteiger partial charge in [-0.1, -0.05) is 5.16 Å². The molecule has 1 aliphatic heterocycles. The smallest absolute Gasteiger partial charge is 0.137 e. The standard InChI is InChI=1S/C11H19N3O/c1-8-11(9(2)15-13-8)4-6-14-5-3-10(12)7-14/h10H,3-7,12H2,1-2H3/t10-/m1/s1. The average molecular weight is 209 g/mol. The second kappa shape index (κ2) is 4.33. The first-order chi connectivity index (χ1) is 7.16. The Balaban J connectivity index is 1.88. The molecular weight excluding hydrogens is 190 g/mol. The molecule has 0 saturated carbocycles. The number of hydrogen-bond acceptors (Lipinski definition) is 4. The zero-order chi connectivity index (χ0) is 10.8. The monoisotopic (exact) mass is 209 g/mol. The van der Waals surface area contributed by atoms with Crippen LogP contribution in [-0.2, 0) is 6.42 Å². The lowest BCUT2D eigenvalue weighted by Gasteiger charge is -2.14. The first-order valence-electron chi connectivity index (χ1n) is 5.56. The average Bonchev–Trinajstić information content (AvgIpc) is 2.73. The van der Waals surface area contributed by atoms with Crippen molar-refractivity contribution in [2.24, 2.45) is 5.73 Å². The summed E-state index contributed by atoms with van der Waals surface area (Å²) in [5, 5.41) is 3.96. The van der Waals surface area contributed by atoms with Gasteiger partial charge >= 0.3 is 0 Å². The van der Waals surface area contributed by atoms with Gasteiger partial charge in [-0.2, -0.15) is 0 Å². The van der Waals surface area contributed by atoms with Crippen LogP contribution in [0, 0.1) is 13.8 Å². The van der Waals surface area contributed by atoms with Gasteiger partial charge in [-0.25, -0.2) is 0 Å². The summed E-state index contributed by atoms with van der Waals surface area (Å²) < 4.78 is 5.14. The van der Waals surface area contributed by atoms with E-state index in [1.807, 2.05) is 13.8 Å². The van der Waals surface area contributed by atoms with Crippen LogP contribution in [0.5, 0.6) is 0 Å². The summed E-state index contributed by atoms with van der Waals surface area (Å²) in [5.74, 6) is 0.955. The van der Waals surface area contributed by atoms with Gasteiger partial charge in [-0.05, 0) is 33.2 Å². The molecule has 4 nitrogen and oxygen atoms in total. The van der Waals surface area contributed by atoms with Crippen molar-refractivity contribution in [1.29, 1.82) is 0 Å².